The average molecular weight is 476 g/mol. The normalized spacial score (nSPS) is 21.7. The van der Waals surface area contributed by atoms with Crippen LogP contribution in [-0.4, -0.2) is 55.6 Å². The fourth-order valence-corrected chi connectivity index (χ4v) is 7.01. The van der Waals surface area contributed by atoms with Gasteiger partial charge < -0.3 is 9.80 Å². The van der Waals surface area contributed by atoms with Crippen molar-refractivity contribution in [3.05, 3.63) is 46.7 Å². The first-order valence-electron chi connectivity index (χ1n) is 11.1. The molecule has 0 aliphatic carbocycles. The number of carbonyl (C=O) groups excluding carboxylic acids is 2. The first kappa shape index (κ1) is 22.9. The monoisotopic (exact) mass is 475 g/mol. The molecule has 2 saturated heterocycles. The van der Waals surface area contributed by atoms with E-state index in [9.17, 15) is 18.0 Å². The van der Waals surface area contributed by atoms with Crippen molar-refractivity contribution in [1.82, 2.24) is 9.21 Å². The number of benzene rings is 1. The summed E-state index contributed by atoms with van der Waals surface area (Å²) < 4.78 is 26.8. The third-order valence-electron chi connectivity index (χ3n) is 6.37. The number of rotatable bonds is 7. The summed E-state index contributed by atoms with van der Waals surface area (Å²) in [5.41, 5.74) is 0.625. The van der Waals surface area contributed by atoms with Gasteiger partial charge in [-0.25, -0.2) is 8.42 Å². The predicted molar refractivity (Wildman–Crippen MR) is 125 cm³/mol. The summed E-state index contributed by atoms with van der Waals surface area (Å²) in [6, 6.07) is 10.6. The summed E-state index contributed by atoms with van der Waals surface area (Å²) in [6.07, 6.45) is 2.12. The smallest absolute Gasteiger partial charge is 0.243 e. The molecule has 2 amide bonds. The molecule has 2 aliphatic heterocycles. The predicted octanol–water partition coefficient (Wildman–Crippen LogP) is 3.50. The van der Waals surface area contributed by atoms with Crippen molar-refractivity contribution in [2.45, 2.75) is 44.0 Å². The molecule has 1 aromatic heterocycles. The van der Waals surface area contributed by atoms with Crippen molar-refractivity contribution < 1.29 is 18.0 Å². The minimum Gasteiger partial charge on any atom is -0.335 e. The molecular formula is C23H29N3O4S2. The Labute approximate surface area is 193 Å². The molecular weight excluding hydrogens is 446 g/mol. The van der Waals surface area contributed by atoms with Crippen LogP contribution in [0.1, 0.15) is 44.0 Å². The third-order valence-corrected chi connectivity index (χ3v) is 9.41. The van der Waals surface area contributed by atoms with Gasteiger partial charge in [-0.05, 0) is 48.6 Å². The molecule has 172 valence electrons. The van der Waals surface area contributed by atoms with E-state index in [2.05, 4.69) is 6.07 Å². The van der Waals surface area contributed by atoms with E-state index in [1.165, 1.54) is 9.18 Å². The molecule has 2 aromatic rings. The highest BCUT2D eigenvalue weighted by Gasteiger charge is 2.40. The molecule has 9 heteroatoms. The lowest BCUT2D eigenvalue weighted by Crippen LogP contribution is -2.36. The highest BCUT2D eigenvalue weighted by atomic mass is 32.2. The molecule has 0 radical (unpaired) electrons. The first-order chi connectivity index (χ1) is 15.4. The van der Waals surface area contributed by atoms with Crippen LogP contribution in [0, 0.1) is 5.92 Å². The van der Waals surface area contributed by atoms with Crippen LogP contribution >= 0.6 is 11.3 Å². The molecule has 0 bridgehead atoms. The van der Waals surface area contributed by atoms with Crippen LogP contribution in [0.25, 0.3) is 0 Å². The number of hydrogen-bond acceptors (Lipinski definition) is 5. The Hall–Kier alpha value is -2.23. The van der Waals surface area contributed by atoms with Gasteiger partial charge in [-0.15, -0.1) is 11.3 Å². The summed E-state index contributed by atoms with van der Waals surface area (Å²) in [7, 11) is -3.55. The molecule has 32 heavy (non-hydrogen) atoms. The lowest BCUT2D eigenvalue weighted by molar-refractivity contribution is -0.136. The summed E-state index contributed by atoms with van der Waals surface area (Å²) in [5, 5.41) is 2.03. The fourth-order valence-electron chi connectivity index (χ4n) is 4.67. The van der Waals surface area contributed by atoms with Gasteiger partial charge in [0.25, 0.3) is 0 Å². The molecule has 1 aromatic carbocycles. The van der Waals surface area contributed by atoms with Crippen LogP contribution in [0.5, 0.6) is 0 Å². The SMILES string of the molecule is CCN(CC)S(=O)(=O)c1ccc(N2C[C@H](C(=O)N3CCC[C@H]3c3cccs3)CC2=O)cc1. The number of amides is 2. The van der Waals surface area contributed by atoms with Gasteiger partial charge in [0.1, 0.15) is 0 Å². The lowest BCUT2D eigenvalue weighted by atomic mass is 10.1. The number of sulfonamides is 1. The Morgan fingerprint density at radius 2 is 1.88 bits per heavy atom. The summed E-state index contributed by atoms with van der Waals surface area (Å²) in [5.74, 6) is -0.436. The first-order valence-corrected chi connectivity index (χ1v) is 13.4. The van der Waals surface area contributed by atoms with Crippen molar-refractivity contribution in [2.24, 2.45) is 5.92 Å². The summed E-state index contributed by atoms with van der Waals surface area (Å²) in [6.45, 7) is 5.46. The largest absolute Gasteiger partial charge is 0.335 e. The number of thiophene rings is 1. The van der Waals surface area contributed by atoms with Crippen molar-refractivity contribution in [1.29, 1.82) is 0 Å². The van der Waals surface area contributed by atoms with Crippen molar-refractivity contribution in [3.8, 4) is 0 Å². The fraction of sp³-hybridized carbons (Fsp3) is 0.478. The van der Waals surface area contributed by atoms with Crippen molar-refractivity contribution in [3.63, 3.8) is 0 Å². The zero-order valence-corrected chi connectivity index (χ0v) is 20.1. The van der Waals surface area contributed by atoms with E-state index in [1.54, 1.807) is 54.3 Å². The number of carbonyl (C=O) groups is 2. The number of hydrogen-bond donors (Lipinski definition) is 0. The maximum atomic E-state index is 13.3. The van der Waals surface area contributed by atoms with E-state index >= 15 is 0 Å². The van der Waals surface area contributed by atoms with Gasteiger partial charge in [-0.3, -0.25) is 9.59 Å². The van der Waals surface area contributed by atoms with E-state index in [1.807, 2.05) is 16.3 Å². The maximum Gasteiger partial charge on any atom is 0.243 e. The Bertz CT molecular complexity index is 1060. The van der Waals surface area contributed by atoms with Gasteiger partial charge in [0.05, 0.1) is 16.9 Å². The van der Waals surface area contributed by atoms with Crippen LogP contribution in [0.3, 0.4) is 0 Å². The molecule has 2 aliphatic rings. The Morgan fingerprint density at radius 3 is 2.50 bits per heavy atom. The molecule has 2 fully saturated rings. The zero-order valence-electron chi connectivity index (χ0n) is 18.4. The van der Waals surface area contributed by atoms with Gasteiger partial charge in [0.15, 0.2) is 0 Å². The molecule has 3 heterocycles. The zero-order chi connectivity index (χ0) is 22.9. The van der Waals surface area contributed by atoms with Crippen LogP contribution < -0.4 is 4.90 Å². The van der Waals surface area contributed by atoms with Crippen molar-refractivity contribution in [2.75, 3.05) is 31.1 Å². The molecule has 0 saturated carbocycles. The minimum atomic E-state index is -3.55. The molecule has 0 unspecified atom stereocenters. The van der Waals surface area contributed by atoms with Gasteiger partial charge in [0, 0.05) is 43.2 Å². The van der Waals surface area contributed by atoms with Crippen LogP contribution in [0.4, 0.5) is 5.69 Å². The van der Waals surface area contributed by atoms with Crippen LogP contribution in [-0.2, 0) is 19.6 Å². The highest BCUT2D eigenvalue weighted by Crippen LogP contribution is 2.37. The standard InChI is InChI=1S/C23H29N3O4S2/c1-3-24(4-2)32(29,30)19-11-9-18(10-12-19)26-16-17(15-22(26)27)23(28)25-13-5-7-20(25)21-8-6-14-31-21/h6,8-12,14,17,20H,3-5,7,13,15-16H2,1-2H3/t17-,20+/m1/s1. The molecule has 4 rings (SSSR count). The molecule has 0 N–H and O–H groups in total. The van der Waals surface area contributed by atoms with E-state index < -0.39 is 10.0 Å². The molecule has 0 spiro atoms. The van der Waals surface area contributed by atoms with Crippen LogP contribution in [0.15, 0.2) is 46.7 Å². The topological polar surface area (TPSA) is 78.0 Å². The van der Waals surface area contributed by atoms with Crippen molar-refractivity contribution >= 4 is 38.9 Å². The van der Waals surface area contributed by atoms with E-state index in [4.69, 9.17) is 0 Å². The lowest BCUT2D eigenvalue weighted by Gasteiger charge is -2.26. The Kier molecular flexibility index (Phi) is 6.69. The van der Waals surface area contributed by atoms with Gasteiger partial charge >= 0.3 is 0 Å². The van der Waals surface area contributed by atoms with E-state index in [-0.39, 0.29) is 35.1 Å². The number of likely N-dealkylation sites (tertiary alicyclic amines) is 1. The summed E-state index contributed by atoms with van der Waals surface area (Å²) >= 11 is 1.67. The maximum absolute atomic E-state index is 13.3. The second kappa shape index (κ2) is 9.33. The van der Waals surface area contributed by atoms with Gasteiger partial charge in [-0.2, -0.15) is 4.31 Å². The molecule has 2 atom stereocenters. The Morgan fingerprint density at radius 1 is 1.16 bits per heavy atom. The second-order valence-corrected chi connectivity index (χ2v) is 11.1. The summed E-state index contributed by atoms with van der Waals surface area (Å²) in [4.78, 5) is 30.9. The minimum absolute atomic E-state index is 0.0393. The number of anilines is 1. The second-order valence-electron chi connectivity index (χ2n) is 8.19. The Balaban J connectivity index is 1.47. The van der Waals surface area contributed by atoms with E-state index in [0.29, 0.717) is 25.3 Å². The van der Waals surface area contributed by atoms with Crippen LogP contribution in [0.2, 0.25) is 0 Å². The average Bonchev–Trinajstić information content (AvgIpc) is 3.54. The van der Waals surface area contributed by atoms with Gasteiger partial charge in [-0.1, -0.05) is 19.9 Å². The van der Waals surface area contributed by atoms with E-state index in [0.717, 1.165) is 19.4 Å². The highest BCUT2D eigenvalue weighted by molar-refractivity contribution is 7.89. The third kappa shape index (κ3) is 4.21. The van der Waals surface area contributed by atoms with Gasteiger partial charge in [0.2, 0.25) is 21.8 Å². The molecule has 7 nitrogen and oxygen atoms in total. The quantitative estimate of drug-likeness (QED) is 0.614. The number of nitrogens with zero attached hydrogens (tertiary/aromatic N) is 3.